The van der Waals surface area contributed by atoms with Crippen LogP contribution in [0.3, 0.4) is 0 Å². The van der Waals surface area contributed by atoms with Gasteiger partial charge in [-0.05, 0) is 48.4 Å². The maximum Gasteiger partial charge on any atom is 0.228 e. The molecule has 2 aliphatic rings. The Morgan fingerprint density at radius 2 is 2.06 bits per heavy atom. The fourth-order valence-corrected chi connectivity index (χ4v) is 4.98. The highest BCUT2D eigenvalue weighted by molar-refractivity contribution is 6.76. The molecule has 0 spiro atoms. The van der Waals surface area contributed by atoms with Gasteiger partial charge in [0.1, 0.15) is 12.5 Å². The van der Waals surface area contributed by atoms with E-state index in [1.165, 1.54) is 0 Å². The highest BCUT2D eigenvalue weighted by atomic mass is 28.3. The van der Waals surface area contributed by atoms with Gasteiger partial charge in [0.2, 0.25) is 5.91 Å². The summed E-state index contributed by atoms with van der Waals surface area (Å²) < 4.78 is 8.07. The Morgan fingerprint density at radius 1 is 1.26 bits per heavy atom. The second-order valence-electron chi connectivity index (χ2n) is 10.6. The van der Waals surface area contributed by atoms with Crippen LogP contribution in [-0.2, 0) is 16.6 Å². The number of ether oxygens (including phenoxy) is 1. The highest BCUT2D eigenvalue weighted by Gasteiger charge is 2.29. The zero-order chi connectivity index (χ0) is 24.0. The molecule has 3 heterocycles. The van der Waals surface area contributed by atoms with Crippen LogP contribution in [0.25, 0.3) is 34.9 Å². The summed E-state index contributed by atoms with van der Waals surface area (Å²) in [5.41, 5.74) is 7.54. The fourth-order valence-electron chi connectivity index (χ4n) is 4.23. The summed E-state index contributed by atoms with van der Waals surface area (Å²) in [5.74, 6) is 0.825. The number of fused-ring (bicyclic) bond motifs is 2. The molecular formula is C26H33N5O2Si. The summed E-state index contributed by atoms with van der Waals surface area (Å²) in [6.07, 6.45) is 5.78. The third-order valence-electron chi connectivity index (χ3n) is 6.54. The number of amides is 1. The van der Waals surface area contributed by atoms with Gasteiger partial charge in [-0.3, -0.25) is 9.80 Å². The van der Waals surface area contributed by atoms with E-state index in [2.05, 4.69) is 64.7 Å². The monoisotopic (exact) mass is 475 g/mol. The van der Waals surface area contributed by atoms with Crippen LogP contribution >= 0.6 is 0 Å². The van der Waals surface area contributed by atoms with Crippen LogP contribution in [0.4, 0.5) is 11.5 Å². The Hall–Kier alpha value is -3.10. The van der Waals surface area contributed by atoms with Gasteiger partial charge in [-0.15, -0.1) is 0 Å². The van der Waals surface area contributed by atoms with Crippen LogP contribution in [0, 0.1) is 5.92 Å². The summed E-state index contributed by atoms with van der Waals surface area (Å²) in [4.78, 5) is 16.6. The molecule has 2 N–H and O–H groups in total. The number of benzene rings is 1. The van der Waals surface area contributed by atoms with Crippen molar-refractivity contribution in [2.45, 2.75) is 38.5 Å². The van der Waals surface area contributed by atoms with Crippen molar-refractivity contribution in [3.63, 3.8) is 0 Å². The van der Waals surface area contributed by atoms with Crippen LogP contribution in [0.5, 0.6) is 0 Å². The van der Waals surface area contributed by atoms with Crippen molar-refractivity contribution in [1.29, 1.82) is 0 Å². The molecule has 2 aromatic heterocycles. The first-order valence-corrected chi connectivity index (χ1v) is 15.6. The van der Waals surface area contributed by atoms with Crippen molar-refractivity contribution in [2.75, 3.05) is 23.7 Å². The molecule has 1 aliphatic carbocycles. The van der Waals surface area contributed by atoms with Gasteiger partial charge < -0.3 is 20.0 Å². The molecule has 1 amide bonds. The average Bonchev–Trinajstić information content (AvgIpc) is 3.49. The quantitative estimate of drug-likeness (QED) is 0.386. The number of carbonyl (C=O) groups is 1. The van der Waals surface area contributed by atoms with Gasteiger partial charge in [-0.25, -0.2) is 4.98 Å². The topological polar surface area (TPSA) is 71.4 Å². The van der Waals surface area contributed by atoms with E-state index in [1.54, 1.807) is 0 Å². The summed E-state index contributed by atoms with van der Waals surface area (Å²) >= 11 is 0. The van der Waals surface area contributed by atoms with E-state index in [-0.39, 0.29) is 11.8 Å². The van der Waals surface area contributed by atoms with E-state index in [0.29, 0.717) is 12.5 Å². The third-order valence-corrected chi connectivity index (χ3v) is 8.24. The lowest BCUT2D eigenvalue weighted by atomic mass is 10.1. The number of aromatic nitrogens is 2. The third kappa shape index (κ3) is 4.60. The number of nitrogens with one attached hydrogen (secondary N) is 2. The smallest absolute Gasteiger partial charge is 0.228 e. The van der Waals surface area contributed by atoms with Crippen molar-refractivity contribution in [2.24, 2.45) is 13.0 Å². The predicted molar refractivity (Wildman–Crippen MR) is 141 cm³/mol. The Bertz CT molecular complexity index is 1370. The minimum Gasteiger partial charge on any atom is -0.360 e. The SMILES string of the molecule is C=c1cc2c(cc1-c1cc3cc(NC(=O)C4CC4)ncc3n1C)=CNN2COCC[Si](C)(C)C. The lowest BCUT2D eigenvalue weighted by molar-refractivity contribution is -0.117. The number of rotatable bonds is 8. The Morgan fingerprint density at radius 3 is 2.79 bits per heavy atom. The predicted octanol–water partition coefficient (Wildman–Crippen LogP) is 3.37. The minimum atomic E-state index is -1.10. The van der Waals surface area contributed by atoms with Gasteiger partial charge in [0.15, 0.2) is 0 Å². The van der Waals surface area contributed by atoms with Gasteiger partial charge >= 0.3 is 0 Å². The molecule has 0 atom stereocenters. The van der Waals surface area contributed by atoms with Crippen molar-refractivity contribution in [1.82, 2.24) is 15.0 Å². The Labute approximate surface area is 201 Å². The van der Waals surface area contributed by atoms with Crippen molar-refractivity contribution < 1.29 is 9.53 Å². The molecular weight excluding hydrogens is 442 g/mol. The van der Waals surface area contributed by atoms with Gasteiger partial charge in [-0.1, -0.05) is 26.2 Å². The van der Waals surface area contributed by atoms with Crippen LogP contribution in [0.15, 0.2) is 30.5 Å². The van der Waals surface area contributed by atoms with E-state index in [0.717, 1.165) is 63.8 Å². The van der Waals surface area contributed by atoms with Gasteiger partial charge in [0.05, 0.1) is 17.4 Å². The second kappa shape index (κ2) is 8.59. The lowest BCUT2D eigenvalue weighted by Crippen LogP contribution is -2.35. The summed E-state index contributed by atoms with van der Waals surface area (Å²) in [6, 6.07) is 9.52. The van der Waals surface area contributed by atoms with Crippen LogP contribution in [0.1, 0.15) is 12.8 Å². The fraction of sp³-hybridized carbons (Fsp3) is 0.385. The molecule has 0 saturated heterocycles. The molecule has 34 heavy (non-hydrogen) atoms. The number of pyridine rings is 1. The molecule has 1 saturated carbocycles. The van der Waals surface area contributed by atoms with Crippen molar-refractivity contribution >= 4 is 49.2 Å². The largest absolute Gasteiger partial charge is 0.360 e. The molecule has 5 rings (SSSR count). The summed E-state index contributed by atoms with van der Waals surface area (Å²) in [5, 5.41) is 8.07. The van der Waals surface area contributed by atoms with Gasteiger partial charge in [-0.2, -0.15) is 0 Å². The maximum atomic E-state index is 12.1. The standard InChI is InChI=1S/C26H33N5O2Si/c1-17-10-22-20(14-28-31(22)16-33-8-9-34(3,4)5)11-21(17)23-12-19-13-25(27-15-24(19)30(23)2)29-26(32)18-6-7-18/h10-15,18,28H,1,6-9,16H2,2-5H3,(H,27,29,32). The molecule has 8 heteroatoms. The second-order valence-corrected chi connectivity index (χ2v) is 16.2. The zero-order valence-electron chi connectivity index (χ0n) is 20.4. The number of hydrogen-bond acceptors (Lipinski definition) is 5. The van der Waals surface area contributed by atoms with Gasteiger partial charge in [0.25, 0.3) is 0 Å². The van der Waals surface area contributed by atoms with Crippen molar-refractivity contribution in [3.05, 3.63) is 40.9 Å². The number of carbonyl (C=O) groups excluding carboxylic acids is 1. The minimum absolute atomic E-state index is 0.0683. The molecule has 1 aromatic carbocycles. The van der Waals surface area contributed by atoms with Gasteiger partial charge in [0, 0.05) is 55.7 Å². The van der Waals surface area contributed by atoms with E-state index in [1.807, 2.05) is 30.5 Å². The average molecular weight is 476 g/mol. The van der Waals surface area contributed by atoms with E-state index in [9.17, 15) is 4.79 Å². The summed E-state index contributed by atoms with van der Waals surface area (Å²) in [7, 11) is 0.934. The first kappa shape index (κ1) is 22.7. The Balaban J connectivity index is 1.38. The number of aryl methyl sites for hydroxylation is 1. The number of hydrogen-bond donors (Lipinski definition) is 2. The number of hydrazine groups is 1. The molecule has 1 aliphatic heterocycles. The molecule has 3 aromatic rings. The van der Waals surface area contributed by atoms with E-state index >= 15 is 0 Å². The van der Waals surface area contributed by atoms with Crippen molar-refractivity contribution in [3.8, 4) is 11.3 Å². The normalized spacial score (nSPS) is 15.2. The molecule has 7 nitrogen and oxygen atoms in total. The Kier molecular flexibility index (Phi) is 5.73. The molecule has 0 bridgehead atoms. The highest BCUT2D eigenvalue weighted by Crippen LogP contribution is 2.31. The van der Waals surface area contributed by atoms with Crippen LogP contribution in [0.2, 0.25) is 25.7 Å². The molecule has 0 radical (unpaired) electrons. The number of anilines is 2. The van der Waals surface area contributed by atoms with Crippen LogP contribution < -0.4 is 26.2 Å². The first-order valence-electron chi connectivity index (χ1n) is 11.9. The first-order chi connectivity index (χ1) is 16.2. The summed E-state index contributed by atoms with van der Waals surface area (Å²) in [6.45, 7) is 12.7. The lowest BCUT2D eigenvalue weighted by Gasteiger charge is -2.22. The van der Waals surface area contributed by atoms with Crippen LogP contribution in [-0.4, -0.2) is 36.9 Å². The number of nitrogens with zero attached hydrogens (tertiary/aromatic N) is 3. The molecule has 0 unspecified atom stereocenters. The zero-order valence-corrected chi connectivity index (χ0v) is 21.4. The van der Waals surface area contributed by atoms with E-state index in [4.69, 9.17) is 4.74 Å². The molecule has 178 valence electrons. The van der Waals surface area contributed by atoms with E-state index < -0.39 is 8.07 Å². The maximum absolute atomic E-state index is 12.1. The molecule has 1 fully saturated rings.